The van der Waals surface area contributed by atoms with E-state index in [0.29, 0.717) is 23.2 Å². The van der Waals surface area contributed by atoms with Gasteiger partial charge in [0.2, 0.25) is 0 Å². The molecule has 0 radical (unpaired) electrons. The summed E-state index contributed by atoms with van der Waals surface area (Å²) in [4.78, 5) is 13.8. The van der Waals surface area contributed by atoms with Crippen molar-refractivity contribution in [3.05, 3.63) is 30.0 Å². The fraction of sp³-hybridized carbons (Fsp3) is 0.438. The standard InChI is InChI=1S/C16H22N2O4/c1-16(2,3)17-8-10(19)9-22-14-6-4-5-12-11(14)7-13(18-12)15(20)21/h4-7,10,17-19H,8-9H2,1-3H3,(H,20,21). The summed E-state index contributed by atoms with van der Waals surface area (Å²) in [6.45, 7) is 6.63. The lowest BCUT2D eigenvalue weighted by molar-refractivity contribution is 0.0691. The number of carbonyl (C=O) groups is 1. The van der Waals surface area contributed by atoms with Crippen molar-refractivity contribution >= 4 is 16.9 Å². The molecule has 1 aromatic heterocycles. The van der Waals surface area contributed by atoms with E-state index in [-0.39, 0.29) is 17.8 Å². The van der Waals surface area contributed by atoms with Gasteiger partial charge in [-0.15, -0.1) is 0 Å². The molecule has 0 fully saturated rings. The van der Waals surface area contributed by atoms with E-state index in [1.54, 1.807) is 18.2 Å². The number of nitrogens with one attached hydrogen (secondary N) is 2. The molecule has 0 amide bonds. The zero-order chi connectivity index (χ0) is 16.3. The number of benzene rings is 1. The molecule has 0 aliphatic carbocycles. The molecule has 0 spiro atoms. The summed E-state index contributed by atoms with van der Waals surface area (Å²) >= 11 is 0. The molecule has 1 aromatic carbocycles. The maximum absolute atomic E-state index is 11.0. The Morgan fingerprint density at radius 1 is 1.41 bits per heavy atom. The molecule has 1 heterocycles. The quantitative estimate of drug-likeness (QED) is 0.655. The van der Waals surface area contributed by atoms with Crippen molar-refractivity contribution in [3.63, 3.8) is 0 Å². The van der Waals surface area contributed by atoms with Gasteiger partial charge >= 0.3 is 5.97 Å². The Labute approximate surface area is 129 Å². The SMILES string of the molecule is CC(C)(C)NCC(O)COc1cccc2[nH]c(C(=O)O)cc12. The van der Waals surface area contributed by atoms with Gasteiger partial charge in [0.1, 0.15) is 24.2 Å². The van der Waals surface area contributed by atoms with Gasteiger partial charge in [0, 0.05) is 23.0 Å². The average Bonchev–Trinajstić information content (AvgIpc) is 2.86. The van der Waals surface area contributed by atoms with E-state index in [4.69, 9.17) is 9.84 Å². The maximum atomic E-state index is 11.0. The average molecular weight is 306 g/mol. The number of ether oxygens (including phenoxy) is 1. The minimum absolute atomic E-state index is 0.0714. The molecule has 1 atom stereocenters. The number of H-pyrrole nitrogens is 1. The Morgan fingerprint density at radius 3 is 2.77 bits per heavy atom. The van der Waals surface area contributed by atoms with Crippen LogP contribution in [0.2, 0.25) is 0 Å². The second kappa shape index (κ2) is 6.37. The van der Waals surface area contributed by atoms with Crippen molar-refractivity contribution < 1.29 is 19.7 Å². The lowest BCUT2D eigenvalue weighted by atomic mass is 10.1. The normalized spacial score (nSPS) is 13.3. The topological polar surface area (TPSA) is 94.6 Å². The van der Waals surface area contributed by atoms with Gasteiger partial charge in [-0.05, 0) is 39.0 Å². The first kappa shape index (κ1) is 16.3. The fourth-order valence-electron chi connectivity index (χ4n) is 2.04. The summed E-state index contributed by atoms with van der Waals surface area (Å²) in [6.07, 6.45) is -0.646. The van der Waals surface area contributed by atoms with Gasteiger partial charge in [0.25, 0.3) is 0 Å². The van der Waals surface area contributed by atoms with Gasteiger partial charge in [-0.2, -0.15) is 0 Å². The lowest BCUT2D eigenvalue weighted by Crippen LogP contribution is -2.42. The van der Waals surface area contributed by atoms with E-state index in [0.717, 1.165) is 0 Å². The van der Waals surface area contributed by atoms with Crippen LogP contribution in [0.5, 0.6) is 5.75 Å². The van der Waals surface area contributed by atoms with Gasteiger partial charge in [-0.25, -0.2) is 4.79 Å². The number of aliphatic hydroxyl groups is 1. The lowest BCUT2D eigenvalue weighted by Gasteiger charge is -2.23. The van der Waals surface area contributed by atoms with Crippen molar-refractivity contribution in [3.8, 4) is 5.75 Å². The molecule has 0 saturated carbocycles. The first-order valence-corrected chi connectivity index (χ1v) is 7.17. The smallest absolute Gasteiger partial charge is 0.352 e. The van der Waals surface area contributed by atoms with Crippen LogP contribution in [-0.4, -0.2) is 46.0 Å². The van der Waals surface area contributed by atoms with Gasteiger partial charge in [-0.1, -0.05) is 6.07 Å². The van der Waals surface area contributed by atoms with Crippen LogP contribution in [0.15, 0.2) is 24.3 Å². The number of aromatic amines is 1. The molecule has 0 saturated heterocycles. The molecule has 120 valence electrons. The molecule has 1 unspecified atom stereocenters. The van der Waals surface area contributed by atoms with Crippen LogP contribution in [0, 0.1) is 0 Å². The molecule has 0 aliphatic heterocycles. The minimum Gasteiger partial charge on any atom is -0.490 e. The van der Waals surface area contributed by atoms with Crippen LogP contribution in [0.4, 0.5) is 0 Å². The number of aromatic nitrogens is 1. The number of hydrogen-bond acceptors (Lipinski definition) is 4. The molecule has 6 heteroatoms. The second-order valence-corrected chi connectivity index (χ2v) is 6.30. The highest BCUT2D eigenvalue weighted by Gasteiger charge is 2.14. The van der Waals surface area contributed by atoms with Crippen LogP contribution in [0.3, 0.4) is 0 Å². The summed E-state index contributed by atoms with van der Waals surface area (Å²) in [5, 5.41) is 22.9. The Balaban J connectivity index is 2.04. The number of fused-ring (bicyclic) bond motifs is 1. The number of hydrogen-bond donors (Lipinski definition) is 4. The van der Waals surface area contributed by atoms with E-state index in [2.05, 4.69) is 10.3 Å². The third kappa shape index (κ3) is 4.22. The van der Waals surface area contributed by atoms with Gasteiger partial charge in [0.05, 0.1) is 0 Å². The summed E-state index contributed by atoms with van der Waals surface area (Å²) in [6, 6.07) is 6.85. The Bertz CT molecular complexity index is 658. The molecule has 6 nitrogen and oxygen atoms in total. The van der Waals surface area contributed by atoms with E-state index in [1.165, 1.54) is 6.07 Å². The monoisotopic (exact) mass is 306 g/mol. The molecular weight excluding hydrogens is 284 g/mol. The first-order chi connectivity index (χ1) is 10.3. The number of aliphatic hydroxyl groups excluding tert-OH is 1. The molecule has 4 N–H and O–H groups in total. The van der Waals surface area contributed by atoms with Crippen LogP contribution < -0.4 is 10.1 Å². The van der Waals surface area contributed by atoms with Crippen molar-refractivity contribution in [2.75, 3.05) is 13.2 Å². The largest absolute Gasteiger partial charge is 0.490 e. The van der Waals surface area contributed by atoms with E-state index in [9.17, 15) is 9.90 Å². The predicted molar refractivity (Wildman–Crippen MR) is 84.5 cm³/mol. The third-order valence-corrected chi connectivity index (χ3v) is 3.15. The van der Waals surface area contributed by atoms with E-state index in [1.807, 2.05) is 20.8 Å². The fourth-order valence-corrected chi connectivity index (χ4v) is 2.04. The highest BCUT2D eigenvalue weighted by molar-refractivity contribution is 5.96. The van der Waals surface area contributed by atoms with Crippen molar-refractivity contribution in [2.24, 2.45) is 0 Å². The second-order valence-electron chi connectivity index (χ2n) is 6.30. The highest BCUT2D eigenvalue weighted by atomic mass is 16.5. The molecule has 2 aromatic rings. The molecule has 22 heavy (non-hydrogen) atoms. The Kier molecular flexibility index (Phi) is 4.73. The van der Waals surface area contributed by atoms with Crippen molar-refractivity contribution in [2.45, 2.75) is 32.4 Å². The minimum atomic E-state index is -1.02. The van der Waals surface area contributed by atoms with Gasteiger partial charge in [-0.3, -0.25) is 0 Å². The summed E-state index contributed by atoms with van der Waals surface area (Å²) in [7, 11) is 0. The third-order valence-electron chi connectivity index (χ3n) is 3.15. The first-order valence-electron chi connectivity index (χ1n) is 7.17. The Morgan fingerprint density at radius 2 is 2.14 bits per heavy atom. The van der Waals surface area contributed by atoms with Crippen molar-refractivity contribution in [1.82, 2.24) is 10.3 Å². The molecule has 0 aliphatic rings. The maximum Gasteiger partial charge on any atom is 0.352 e. The van der Waals surface area contributed by atoms with E-state index < -0.39 is 12.1 Å². The highest BCUT2D eigenvalue weighted by Crippen LogP contribution is 2.26. The van der Waals surface area contributed by atoms with Gasteiger partial charge < -0.3 is 25.3 Å². The number of β-amino-alcohol motifs (C(OH)–C–C–N with tert-alkyl or cyclic N) is 1. The van der Waals surface area contributed by atoms with E-state index >= 15 is 0 Å². The summed E-state index contributed by atoms with van der Waals surface area (Å²) in [5.41, 5.74) is 0.732. The molecule has 0 bridgehead atoms. The van der Waals surface area contributed by atoms with Crippen LogP contribution in [-0.2, 0) is 0 Å². The number of carboxylic acids is 1. The molecular formula is C16H22N2O4. The zero-order valence-corrected chi connectivity index (χ0v) is 13.0. The summed E-state index contributed by atoms with van der Waals surface area (Å²) in [5.74, 6) is -0.465. The number of rotatable bonds is 6. The van der Waals surface area contributed by atoms with Crippen molar-refractivity contribution in [1.29, 1.82) is 0 Å². The van der Waals surface area contributed by atoms with Gasteiger partial charge in [0.15, 0.2) is 0 Å². The summed E-state index contributed by atoms with van der Waals surface area (Å²) < 4.78 is 5.64. The molecule has 2 rings (SSSR count). The van der Waals surface area contributed by atoms with Crippen LogP contribution in [0.25, 0.3) is 10.9 Å². The predicted octanol–water partition coefficient (Wildman–Crippen LogP) is 1.99. The Hall–Kier alpha value is -2.05. The van der Waals surface area contributed by atoms with Crippen LogP contribution >= 0.6 is 0 Å². The zero-order valence-electron chi connectivity index (χ0n) is 13.0. The number of aromatic carboxylic acids is 1. The number of carboxylic acid groups (broad SMARTS) is 1. The van der Waals surface area contributed by atoms with Crippen LogP contribution in [0.1, 0.15) is 31.3 Å².